The van der Waals surface area contributed by atoms with E-state index in [1.165, 1.54) is 22.7 Å². The standard InChI is InChI=1S/C24H27N5O2/c1-26(20(18-11-6-4-7-12-18)19-13-8-5-9-14-19)15-10-16-29-17-25-22-21(29)23(30)28(3)24(31)27(22)2/h4-9,11-14,17,20H,10,15-16H2,1-3H3. The van der Waals surface area contributed by atoms with Gasteiger partial charge in [-0.1, -0.05) is 60.7 Å². The molecular formula is C24H27N5O2. The van der Waals surface area contributed by atoms with Crippen molar-refractivity contribution in [2.75, 3.05) is 13.6 Å². The Kier molecular flexibility index (Phi) is 5.86. The van der Waals surface area contributed by atoms with Gasteiger partial charge in [-0.25, -0.2) is 9.78 Å². The molecule has 4 rings (SSSR count). The average molecular weight is 418 g/mol. The van der Waals surface area contributed by atoms with Crippen molar-refractivity contribution in [3.8, 4) is 0 Å². The second-order valence-electron chi connectivity index (χ2n) is 7.87. The number of nitrogens with zero attached hydrogens (tertiary/aromatic N) is 5. The van der Waals surface area contributed by atoms with Gasteiger partial charge in [-0.05, 0) is 24.6 Å². The van der Waals surface area contributed by atoms with Gasteiger partial charge in [0.2, 0.25) is 0 Å². The van der Waals surface area contributed by atoms with Crippen molar-refractivity contribution in [2.45, 2.75) is 19.0 Å². The van der Waals surface area contributed by atoms with Gasteiger partial charge >= 0.3 is 5.69 Å². The number of aryl methyl sites for hydroxylation is 2. The summed E-state index contributed by atoms with van der Waals surface area (Å²) in [7, 11) is 5.26. The molecule has 0 bridgehead atoms. The zero-order valence-corrected chi connectivity index (χ0v) is 18.1. The molecule has 160 valence electrons. The number of hydrogen-bond acceptors (Lipinski definition) is 4. The number of imidazole rings is 1. The largest absolute Gasteiger partial charge is 0.332 e. The van der Waals surface area contributed by atoms with E-state index in [0.717, 1.165) is 17.5 Å². The normalized spacial score (nSPS) is 11.6. The molecule has 4 aromatic rings. The summed E-state index contributed by atoms with van der Waals surface area (Å²) in [4.78, 5) is 31.4. The fourth-order valence-electron chi connectivity index (χ4n) is 4.16. The Morgan fingerprint density at radius 2 is 1.48 bits per heavy atom. The number of hydrogen-bond donors (Lipinski definition) is 0. The summed E-state index contributed by atoms with van der Waals surface area (Å²) in [6.45, 7) is 1.48. The first-order valence-electron chi connectivity index (χ1n) is 10.4. The van der Waals surface area contributed by atoms with Crippen LogP contribution in [0.4, 0.5) is 0 Å². The molecule has 7 heteroatoms. The molecule has 31 heavy (non-hydrogen) atoms. The first kappa shape index (κ1) is 20.8. The van der Waals surface area contributed by atoms with Gasteiger partial charge in [-0.3, -0.25) is 18.8 Å². The van der Waals surface area contributed by atoms with E-state index in [1.807, 2.05) is 16.7 Å². The van der Waals surface area contributed by atoms with E-state index in [-0.39, 0.29) is 17.3 Å². The lowest BCUT2D eigenvalue weighted by atomic mass is 9.97. The van der Waals surface area contributed by atoms with E-state index in [4.69, 9.17) is 0 Å². The molecule has 2 heterocycles. The first-order valence-corrected chi connectivity index (χ1v) is 10.4. The smallest absolute Gasteiger partial charge is 0.325 e. The molecule has 7 nitrogen and oxygen atoms in total. The highest BCUT2D eigenvalue weighted by Crippen LogP contribution is 2.27. The van der Waals surface area contributed by atoms with E-state index in [0.29, 0.717) is 17.7 Å². The molecule has 0 amide bonds. The van der Waals surface area contributed by atoms with E-state index in [1.54, 1.807) is 13.4 Å². The first-order chi connectivity index (χ1) is 15.0. The van der Waals surface area contributed by atoms with Gasteiger partial charge in [-0.2, -0.15) is 0 Å². The van der Waals surface area contributed by atoms with Gasteiger partial charge in [0.1, 0.15) is 0 Å². The zero-order valence-electron chi connectivity index (χ0n) is 18.1. The van der Waals surface area contributed by atoms with E-state index in [9.17, 15) is 9.59 Å². The van der Waals surface area contributed by atoms with Crippen LogP contribution in [-0.4, -0.2) is 37.2 Å². The summed E-state index contributed by atoms with van der Waals surface area (Å²) < 4.78 is 4.40. The topological polar surface area (TPSA) is 65.1 Å². The quantitative estimate of drug-likeness (QED) is 0.464. The van der Waals surface area contributed by atoms with Crippen LogP contribution in [0.3, 0.4) is 0 Å². The summed E-state index contributed by atoms with van der Waals surface area (Å²) >= 11 is 0. The molecule has 0 unspecified atom stereocenters. The second kappa shape index (κ2) is 8.73. The van der Waals surface area contributed by atoms with Crippen molar-refractivity contribution in [3.63, 3.8) is 0 Å². The molecule has 2 aromatic heterocycles. The molecule has 0 aliphatic carbocycles. The van der Waals surface area contributed by atoms with Gasteiger partial charge in [0.05, 0.1) is 12.4 Å². The Balaban J connectivity index is 1.55. The number of benzene rings is 2. The van der Waals surface area contributed by atoms with Crippen molar-refractivity contribution in [3.05, 3.63) is 99.0 Å². The fourth-order valence-corrected chi connectivity index (χ4v) is 4.16. The van der Waals surface area contributed by atoms with Crippen LogP contribution >= 0.6 is 0 Å². The molecule has 2 aromatic carbocycles. The minimum Gasteiger partial charge on any atom is -0.325 e. The van der Waals surface area contributed by atoms with E-state index < -0.39 is 0 Å². The highest BCUT2D eigenvalue weighted by Gasteiger charge is 2.19. The van der Waals surface area contributed by atoms with Crippen LogP contribution in [-0.2, 0) is 20.6 Å². The summed E-state index contributed by atoms with van der Waals surface area (Å²) in [5, 5.41) is 0. The van der Waals surface area contributed by atoms with Crippen molar-refractivity contribution >= 4 is 11.2 Å². The van der Waals surface area contributed by atoms with Crippen LogP contribution in [0.25, 0.3) is 11.2 Å². The summed E-state index contributed by atoms with van der Waals surface area (Å²) in [6, 6.07) is 21.1. The van der Waals surface area contributed by atoms with Crippen LogP contribution in [0, 0.1) is 0 Å². The highest BCUT2D eigenvalue weighted by atomic mass is 16.2. The Morgan fingerprint density at radius 1 is 0.903 bits per heavy atom. The third kappa shape index (κ3) is 3.96. The second-order valence-corrected chi connectivity index (χ2v) is 7.87. The maximum absolute atomic E-state index is 12.6. The third-order valence-electron chi connectivity index (χ3n) is 5.80. The molecule has 0 fully saturated rings. The minimum absolute atomic E-state index is 0.149. The van der Waals surface area contributed by atoms with Crippen LogP contribution < -0.4 is 11.2 Å². The van der Waals surface area contributed by atoms with E-state index in [2.05, 4.69) is 65.5 Å². The molecule has 0 atom stereocenters. The number of fused-ring (bicyclic) bond motifs is 1. The SMILES string of the molecule is CN(CCCn1cnc2c1c(=O)n(C)c(=O)n2C)C(c1ccccc1)c1ccccc1. The van der Waals surface area contributed by atoms with Gasteiger partial charge in [0.25, 0.3) is 5.56 Å². The predicted molar refractivity (Wildman–Crippen MR) is 122 cm³/mol. The lowest BCUT2D eigenvalue weighted by molar-refractivity contribution is 0.270. The van der Waals surface area contributed by atoms with Gasteiger partial charge in [-0.15, -0.1) is 0 Å². The molecule has 0 spiro atoms. The molecular weight excluding hydrogens is 390 g/mol. The van der Waals surface area contributed by atoms with Gasteiger partial charge in [0, 0.05) is 27.2 Å². The van der Waals surface area contributed by atoms with Crippen LogP contribution in [0.1, 0.15) is 23.6 Å². The van der Waals surface area contributed by atoms with E-state index >= 15 is 0 Å². The zero-order chi connectivity index (χ0) is 22.0. The number of aromatic nitrogens is 4. The predicted octanol–water partition coefficient (Wildman–Crippen LogP) is 2.55. The van der Waals surface area contributed by atoms with Crippen molar-refractivity contribution in [1.82, 2.24) is 23.6 Å². The maximum Gasteiger partial charge on any atom is 0.332 e. The molecule has 0 radical (unpaired) electrons. The summed E-state index contributed by atoms with van der Waals surface area (Å²) in [6.07, 6.45) is 2.49. The summed E-state index contributed by atoms with van der Waals surface area (Å²) in [5.41, 5.74) is 2.70. The molecule has 0 saturated carbocycles. The summed E-state index contributed by atoms with van der Waals surface area (Å²) in [5.74, 6) is 0. The van der Waals surface area contributed by atoms with Gasteiger partial charge < -0.3 is 4.57 Å². The Hall–Kier alpha value is -3.45. The lowest BCUT2D eigenvalue weighted by Gasteiger charge is -2.29. The van der Waals surface area contributed by atoms with Crippen molar-refractivity contribution < 1.29 is 0 Å². The Bertz CT molecular complexity index is 1250. The van der Waals surface area contributed by atoms with Gasteiger partial charge in [0.15, 0.2) is 11.2 Å². The van der Waals surface area contributed by atoms with Crippen LogP contribution in [0.5, 0.6) is 0 Å². The molecule has 0 saturated heterocycles. The van der Waals surface area contributed by atoms with Crippen molar-refractivity contribution in [2.24, 2.45) is 14.1 Å². The molecule has 0 N–H and O–H groups in total. The number of rotatable bonds is 7. The third-order valence-corrected chi connectivity index (χ3v) is 5.80. The fraction of sp³-hybridized carbons (Fsp3) is 0.292. The monoisotopic (exact) mass is 417 g/mol. The van der Waals surface area contributed by atoms with Crippen LogP contribution in [0.2, 0.25) is 0 Å². The maximum atomic E-state index is 12.6. The Morgan fingerprint density at radius 3 is 2.06 bits per heavy atom. The highest BCUT2D eigenvalue weighted by molar-refractivity contribution is 5.69. The molecule has 0 aliphatic rings. The van der Waals surface area contributed by atoms with Crippen molar-refractivity contribution in [1.29, 1.82) is 0 Å². The van der Waals surface area contributed by atoms with Crippen LogP contribution in [0.15, 0.2) is 76.6 Å². The lowest BCUT2D eigenvalue weighted by Crippen LogP contribution is -2.37. The Labute approximate surface area is 180 Å². The molecule has 0 aliphatic heterocycles. The minimum atomic E-state index is -0.365. The average Bonchev–Trinajstić information content (AvgIpc) is 3.22.